The lowest BCUT2D eigenvalue weighted by atomic mass is 9.75. The molecule has 1 aliphatic rings. The molecule has 0 aliphatic carbocycles. The number of hydrogen-bond donors (Lipinski definition) is 1. The minimum Gasteiger partial charge on any atom is -0.339 e. The van der Waals surface area contributed by atoms with Gasteiger partial charge in [-0.15, -0.1) is 0 Å². The van der Waals surface area contributed by atoms with Crippen molar-refractivity contribution in [1.29, 1.82) is 0 Å². The van der Waals surface area contributed by atoms with Gasteiger partial charge in [0.15, 0.2) is 0 Å². The highest BCUT2D eigenvalue weighted by Gasteiger charge is 2.40. The van der Waals surface area contributed by atoms with Gasteiger partial charge >= 0.3 is 0 Å². The molecule has 1 atom stereocenters. The predicted octanol–water partition coefficient (Wildman–Crippen LogP) is 2.99. The molecule has 20 heavy (non-hydrogen) atoms. The predicted molar refractivity (Wildman–Crippen MR) is 82.5 cm³/mol. The van der Waals surface area contributed by atoms with Crippen molar-refractivity contribution in [3.63, 3.8) is 0 Å². The molecule has 0 aromatic heterocycles. The van der Waals surface area contributed by atoms with Crippen molar-refractivity contribution in [3.05, 3.63) is 35.9 Å². The first-order valence-corrected chi connectivity index (χ1v) is 7.63. The molecule has 1 saturated heterocycles. The van der Waals surface area contributed by atoms with Crippen molar-refractivity contribution >= 4 is 5.91 Å². The summed E-state index contributed by atoms with van der Waals surface area (Å²) < 4.78 is 0. The normalized spacial score (nSPS) is 19.4. The average molecular weight is 274 g/mol. The first kappa shape index (κ1) is 15.0. The number of rotatable bonds is 4. The molecule has 1 aromatic carbocycles. The third kappa shape index (κ3) is 2.88. The van der Waals surface area contributed by atoms with E-state index in [1.54, 1.807) is 0 Å². The first-order valence-electron chi connectivity index (χ1n) is 7.63. The molecule has 0 spiro atoms. The van der Waals surface area contributed by atoms with Gasteiger partial charge in [-0.1, -0.05) is 37.3 Å². The second-order valence-electron chi connectivity index (χ2n) is 5.89. The lowest BCUT2D eigenvalue weighted by Gasteiger charge is -2.40. The summed E-state index contributed by atoms with van der Waals surface area (Å²) in [5, 5.41) is 3.36. The fraction of sp³-hybridized carbons (Fsp3) is 0.588. The zero-order valence-electron chi connectivity index (χ0n) is 12.9. The van der Waals surface area contributed by atoms with Gasteiger partial charge < -0.3 is 10.2 Å². The third-order valence-electron chi connectivity index (χ3n) is 4.87. The molecule has 1 unspecified atom stereocenters. The van der Waals surface area contributed by atoms with Gasteiger partial charge in [-0.05, 0) is 44.8 Å². The molecule has 1 N–H and O–H groups in total. The molecule has 0 radical (unpaired) electrons. The van der Waals surface area contributed by atoms with Crippen LogP contribution in [0.4, 0.5) is 0 Å². The fourth-order valence-electron chi connectivity index (χ4n) is 3.13. The molecule has 3 heteroatoms. The van der Waals surface area contributed by atoms with Gasteiger partial charge in [-0.25, -0.2) is 0 Å². The van der Waals surface area contributed by atoms with Crippen LogP contribution in [0.2, 0.25) is 0 Å². The Kier molecular flexibility index (Phi) is 4.81. The Labute approximate surface area is 122 Å². The summed E-state index contributed by atoms with van der Waals surface area (Å²) >= 11 is 0. The van der Waals surface area contributed by atoms with Crippen LogP contribution in [0.3, 0.4) is 0 Å². The van der Waals surface area contributed by atoms with E-state index in [9.17, 15) is 4.79 Å². The Morgan fingerprint density at radius 3 is 2.45 bits per heavy atom. The largest absolute Gasteiger partial charge is 0.339 e. The van der Waals surface area contributed by atoms with Crippen LogP contribution in [0.5, 0.6) is 0 Å². The number of nitrogens with one attached hydrogen (secondary N) is 1. The summed E-state index contributed by atoms with van der Waals surface area (Å²) in [7, 11) is 1.94. The Morgan fingerprint density at radius 1 is 1.30 bits per heavy atom. The maximum atomic E-state index is 13.0. The molecule has 1 amide bonds. The Bertz CT molecular complexity index is 438. The van der Waals surface area contributed by atoms with Crippen molar-refractivity contribution in [3.8, 4) is 0 Å². The summed E-state index contributed by atoms with van der Waals surface area (Å²) in [5.74, 6) is 0.304. The molecule has 1 aliphatic heterocycles. The van der Waals surface area contributed by atoms with E-state index in [1.165, 1.54) is 5.56 Å². The van der Waals surface area contributed by atoms with Crippen molar-refractivity contribution < 1.29 is 4.79 Å². The number of amides is 1. The maximum absolute atomic E-state index is 13.0. The van der Waals surface area contributed by atoms with E-state index in [0.717, 1.165) is 32.4 Å². The summed E-state index contributed by atoms with van der Waals surface area (Å²) in [6.45, 7) is 6.15. The van der Waals surface area contributed by atoms with Crippen LogP contribution in [-0.4, -0.2) is 30.9 Å². The van der Waals surface area contributed by atoms with Crippen molar-refractivity contribution in [2.75, 3.05) is 20.1 Å². The quantitative estimate of drug-likeness (QED) is 0.915. The van der Waals surface area contributed by atoms with Crippen LogP contribution in [-0.2, 0) is 4.79 Å². The van der Waals surface area contributed by atoms with Crippen molar-refractivity contribution in [2.24, 2.45) is 5.41 Å². The third-order valence-corrected chi connectivity index (χ3v) is 4.87. The van der Waals surface area contributed by atoms with Gasteiger partial charge in [0.2, 0.25) is 5.91 Å². The van der Waals surface area contributed by atoms with Gasteiger partial charge in [0, 0.05) is 7.05 Å². The molecule has 1 fully saturated rings. The van der Waals surface area contributed by atoms with Crippen LogP contribution in [0.15, 0.2) is 30.3 Å². The van der Waals surface area contributed by atoms with Gasteiger partial charge in [0.05, 0.1) is 11.5 Å². The first-order chi connectivity index (χ1) is 9.60. The van der Waals surface area contributed by atoms with E-state index >= 15 is 0 Å². The van der Waals surface area contributed by atoms with E-state index in [0.29, 0.717) is 5.91 Å². The van der Waals surface area contributed by atoms with Crippen LogP contribution < -0.4 is 5.32 Å². The Balaban J connectivity index is 2.15. The number of piperidine rings is 1. The smallest absolute Gasteiger partial charge is 0.229 e. The standard InChI is InChI=1S/C17H26N2O/c1-4-17(10-12-18-13-11-17)16(20)19(3)14(2)15-8-6-5-7-9-15/h5-9,14,18H,4,10-13H2,1-3H3. The zero-order chi connectivity index (χ0) is 14.6. The molecule has 110 valence electrons. The van der Waals surface area contributed by atoms with Gasteiger partial charge in [-0.2, -0.15) is 0 Å². The second-order valence-corrected chi connectivity index (χ2v) is 5.89. The minimum absolute atomic E-state index is 0.127. The monoisotopic (exact) mass is 274 g/mol. The number of nitrogens with zero attached hydrogens (tertiary/aromatic N) is 1. The number of hydrogen-bond acceptors (Lipinski definition) is 2. The van der Waals surface area contributed by atoms with E-state index < -0.39 is 0 Å². The van der Waals surface area contributed by atoms with Gasteiger partial charge in [0.25, 0.3) is 0 Å². The molecule has 0 bridgehead atoms. The minimum atomic E-state index is -0.164. The summed E-state index contributed by atoms with van der Waals surface area (Å²) in [5.41, 5.74) is 1.03. The lowest BCUT2D eigenvalue weighted by Crippen LogP contribution is -2.48. The van der Waals surface area contributed by atoms with E-state index in [4.69, 9.17) is 0 Å². The maximum Gasteiger partial charge on any atom is 0.229 e. The molecule has 1 heterocycles. The average Bonchev–Trinajstić information content (AvgIpc) is 2.54. The van der Waals surface area contributed by atoms with Crippen LogP contribution in [0.25, 0.3) is 0 Å². The number of carbonyl (C=O) groups is 1. The van der Waals surface area contributed by atoms with E-state index in [2.05, 4.69) is 31.3 Å². The molecule has 2 rings (SSSR count). The fourth-order valence-corrected chi connectivity index (χ4v) is 3.13. The molecule has 1 aromatic rings. The highest BCUT2D eigenvalue weighted by atomic mass is 16.2. The lowest BCUT2D eigenvalue weighted by molar-refractivity contribution is -0.144. The Hall–Kier alpha value is -1.35. The molecular weight excluding hydrogens is 248 g/mol. The zero-order valence-corrected chi connectivity index (χ0v) is 12.9. The van der Waals surface area contributed by atoms with Crippen molar-refractivity contribution in [2.45, 2.75) is 39.2 Å². The van der Waals surface area contributed by atoms with E-state index in [1.807, 2.05) is 30.1 Å². The van der Waals surface area contributed by atoms with Crippen LogP contribution in [0, 0.1) is 5.41 Å². The highest BCUT2D eigenvalue weighted by molar-refractivity contribution is 5.83. The summed E-state index contributed by atoms with van der Waals surface area (Å²) in [4.78, 5) is 14.9. The van der Waals surface area contributed by atoms with Crippen LogP contribution in [0.1, 0.15) is 44.7 Å². The topological polar surface area (TPSA) is 32.3 Å². The highest BCUT2D eigenvalue weighted by Crippen LogP contribution is 2.36. The Morgan fingerprint density at radius 2 is 1.90 bits per heavy atom. The van der Waals surface area contributed by atoms with E-state index in [-0.39, 0.29) is 11.5 Å². The van der Waals surface area contributed by atoms with Gasteiger partial charge in [-0.3, -0.25) is 4.79 Å². The SMILES string of the molecule is CCC1(C(=O)N(C)C(C)c2ccccc2)CCNCC1. The van der Waals surface area contributed by atoms with Gasteiger partial charge in [0.1, 0.15) is 0 Å². The van der Waals surface area contributed by atoms with Crippen molar-refractivity contribution in [1.82, 2.24) is 10.2 Å². The molecule has 0 saturated carbocycles. The second kappa shape index (κ2) is 6.40. The molecule has 3 nitrogen and oxygen atoms in total. The molecular formula is C17H26N2O. The number of carbonyl (C=O) groups excluding carboxylic acids is 1. The summed E-state index contributed by atoms with van der Waals surface area (Å²) in [6, 6.07) is 10.4. The van der Waals surface area contributed by atoms with Crippen LogP contribution >= 0.6 is 0 Å². The summed E-state index contributed by atoms with van der Waals surface area (Å²) in [6.07, 6.45) is 2.84. The number of benzene rings is 1.